The Morgan fingerprint density at radius 2 is 1.43 bits per heavy atom. The average Bonchev–Trinajstić information content (AvgIpc) is 2.53. The number of rotatable bonds is 0. The lowest BCUT2D eigenvalue weighted by molar-refractivity contribution is 1.44. The first-order valence-electron chi connectivity index (χ1n) is 3.99. The lowest BCUT2D eigenvalue weighted by atomic mass is 10.3. The molecule has 0 atom stereocenters. The van der Waals surface area contributed by atoms with E-state index in [1.807, 2.05) is 24.3 Å². The van der Waals surface area contributed by atoms with E-state index in [1.54, 1.807) is 0 Å². The molecule has 0 saturated carbocycles. The fourth-order valence-electron chi connectivity index (χ4n) is 1.28. The summed E-state index contributed by atoms with van der Waals surface area (Å²) in [6.07, 6.45) is 0. The van der Waals surface area contributed by atoms with E-state index >= 15 is 0 Å². The van der Waals surface area contributed by atoms with Gasteiger partial charge in [-0.15, -0.1) is 0 Å². The number of nitrogens with zero attached hydrogens (tertiary/aromatic N) is 2. The molecule has 0 aliphatic rings. The molecule has 3 aromatic rings. The van der Waals surface area contributed by atoms with Gasteiger partial charge in [0, 0.05) is 0 Å². The van der Waals surface area contributed by atoms with Gasteiger partial charge in [0.05, 0.1) is 11.0 Å². The SMILES string of the molecule is O=c1sc2nc3ccccc3nc2s1. The van der Waals surface area contributed by atoms with Crippen molar-refractivity contribution in [2.24, 2.45) is 0 Å². The van der Waals surface area contributed by atoms with Gasteiger partial charge in [0.1, 0.15) is 0 Å². The smallest absolute Gasteiger partial charge is 0.265 e. The molecule has 3 rings (SSSR count). The third-order valence-electron chi connectivity index (χ3n) is 1.87. The minimum absolute atomic E-state index is 0.0512. The molecule has 14 heavy (non-hydrogen) atoms. The summed E-state index contributed by atoms with van der Waals surface area (Å²) in [5.74, 6) is 0. The molecule has 0 unspecified atom stereocenters. The summed E-state index contributed by atoms with van der Waals surface area (Å²) in [5.41, 5.74) is 1.68. The van der Waals surface area contributed by atoms with Crippen LogP contribution in [0.4, 0.5) is 0 Å². The van der Waals surface area contributed by atoms with Crippen LogP contribution in [0.25, 0.3) is 20.7 Å². The second-order valence-corrected chi connectivity index (χ2v) is 4.96. The minimum atomic E-state index is 0.0512. The van der Waals surface area contributed by atoms with Gasteiger partial charge in [-0.2, -0.15) is 0 Å². The van der Waals surface area contributed by atoms with Gasteiger partial charge in [-0.3, -0.25) is 4.79 Å². The maximum atomic E-state index is 11.1. The number of aromatic nitrogens is 2. The van der Waals surface area contributed by atoms with E-state index in [0.717, 1.165) is 43.4 Å². The van der Waals surface area contributed by atoms with Gasteiger partial charge in [-0.1, -0.05) is 34.8 Å². The molecule has 2 heterocycles. The van der Waals surface area contributed by atoms with Crippen molar-refractivity contribution in [2.75, 3.05) is 0 Å². The molecule has 0 N–H and O–H groups in total. The molecule has 0 radical (unpaired) electrons. The van der Waals surface area contributed by atoms with Crippen molar-refractivity contribution in [1.82, 2.24) is 9.97 Å². The van der Waals surface area contributed by atoms with Crippen LogP contribution in [0.15, 0.2) is 29.1 Å². The van der Waals surface area contributed by atoms with E-state index in [-0.39, 0.29) is 4.06 Å². The van der Waals surface area contributed by atoms with E-state index in [4.69, 9.17) is 0 Å². The fraction of sp³-hybridized carbons (Fsp3) is 0. The molecule has 0 fully saturated rings. The fourth-order valence-corrected chi connectivity index (χ4v) is 3.04. The summed E-state index contributed by atoms with van der Waals surface area (Å²) in [7, 11) is 0. The van der Waals surface area contributed by atoms with E-state index in [1.165, 1.54) is 0 Å². The summed E-state index contributed by atoms with van der Waals surface area (Å²) >= 11 is 2.31. The standard InChI is InChI=1S/C9H4N2OS2/c12-9-13-7-8(14-9)11-6-4-2-1-3-5(6)10-7/h1-4H. The second-order valence-electron chi connectivity index (χ2n) is 2.78. The molecular formula is C9H4N2OS2. The van der Waals surface area contributed by atoms with Crippen LogP contribution in [0.5, 0.6) is 0 Å². The predicted octanol–water partition coefficient (Wildman–Crippen LogP) is 2.27. The highest BCUT2D eigenvalue weighted by atomic mass is 32.2. The van der Waals surface area contributed by atoms with Crippen LogP contribution in [-0.2, 0) is 0 Å². The van der Waals surface area contributed by atoms with Gasteiger partial charge < -0.3 is 0 Å². The molecule has 5 heteroatoms. The first-order valence-corrected chi connectivity index (χ1v) is 5.63. The highest BCUT2D eigenvalue weighted by Gasteiger charge is 2.04. The maximum absolute atomic E-state index is 11.1. The zero-order chi connectivity index (χ0) is 9.54. The van der Waals surface area contributed by atoms with Crippen LogP contribution >= 0.6 is 22.7 Å². The van der Waals surface area contributed by atoms with Crippen molar-refractivity contribution in [3.05, 3.63) is 33.1 Å². The number of para-hydroxylation sites is 2. The third kappa shape index (κ3) is 1.13. The largest absolute Gasteiger partial charge is 0.291 e. The Kier molecular flexibility index (Phi) is 1.62. The highest BCUT2D eigenvalue weighted by Crippen LogP contribution is 2.20. The molecule has 68 valence electrons. The topological polar surface area (TPSA) is 42.9 Å². The van der Waals surface area contributed by atoms with E-state index in [2.05, 4.69) is 9.97 Å². The molecule has 3 nitrogen and oxygen atoms in total. The summed E-state index contributed by atoms with van der Waals surface area (Å²) in [6.45, 7) is 0. The van der Waals surface area contributed by atoms with Crippen LogP contribution in [0.3, 0.4) is 0 Å². The van der Waals surface area contributed by atoms with Gasteiger partial charge >= 0.3 is 0 Å². The number of hydrogen-bond donors (Lipinski definition) is 0. The summed E-state index contributed by atoms with van der Waals surface area (Å²) in [5, 5.41) is 0. The summed E-state index contributed by atoms with van der Waals surface area (Å²) in [6, 6.07) is 7.63. The van der Waals surface area contributed by atoms with E-state index in [9.17, 15) is 4.79 Å². The number of benzene rings is 1. The van der Waals surface area contributed by atoms with Crippen LogP contribution in [-0.4, -0.2) is 9.97 Å². The van der Waals surface area contributed by atoms with Gasteiger partial charge in [0.25, 0.3) is 4.06 Å². The molecule has 2 aromatic heterocycles. The second kappa shape index (κ2) is 2.83. The van der Waals surface area contributed by atoms with Gasteiger partial charge in [-0.05, 0) is 12.1 Å². The predicted molar refractivity (Wildman–Crippen MR) is 59.1 cm³/mol. The van der Waals surface area contributed by atoms with E-state index in [0.29, 0.717) is 0 Å². The van der Waals surface area contributed by atoms with Gasteiger partial charge in [-0.25, -0.2) is 9.97 Å². The average molecular weight is 220 g/mol. The van der Waals surface area contributed by atoms with Gasteiger partial charge in [0.2, 0.25) is 0 Å². The minimum Gasteiger partial charge on any atom is -0.265 e. The molecular weight excluding hydrogens is 216 g/mol. The van der Waals surface area contributed by atoms with Crippen molar-refractivity contribution in [1.29, 1.82) is 0 Å². The Labute approximate surface area is 86.7 Å². The molecule has 0 bridgehead atoms. The Balaban J connectivity index is 2.57. The molecule has 0 spiro atoms. The molecule has 1 aromatic carbocycles. The molecule has 0 aliphatic heterocycles. The normalized spacial score (nSPS) is 11.1. The Bertz CT molecular complexity index is 615. The zero-order valence-corrected chi connectivity index (χ0v) is 8.56. The highest BCUT2D eigenvalue weighted by molar-refractivity contribution is 7.35. The lowest BCUT2D eigenvalue weighted by Crippen LogP contribution is -1.81. The van der Waals surface area contributed by atoms with Crippen molar-refractivity contribution in [3.8, 4) is 0 Å². The summed E-state index contributed by atoms with van der Waals surface area (Å²) < 4.78 is 0.0512. The molecule has 0 aliphatic carbocycles. The van der Waals surface area contributed by atoms with Gasteiger partial charge in [0.15, 0.2) is 9.66 Å². The van der Waals surface area contributed by atoms with Crippen molar-refractivity contribution >= 4 is 43.4 Å². The van der Waals surface area contributed by atoms with Crippen LogP contribution < -0.4 is 4.06 Å². The zero-order valence-electron chi connectivity index (χ0n) is 6.93. The van der Waals surface area contributed by atoms with E-state index < -0.39 is 0 Å². The van der Waals surface area contributed by atoms with Crippen LogP contribution in [0.2, 0.25) is 0 Å². The van der Waals surface area contributed by atoms with Crippen LogP contribution in [0, 0.1) is 0 Å². The Morgan fingerprint density at radius 1 is 0.929 bits per heavy atom. The quantitative estimate of drug-likeness (QED) is 0.583. The van der Waals surface area contributed by atoms with Crippen molar-refractivity contribution < 1.29 is 0 Å². The number of fused-ring (bicyclic) bond motifs is 2. The Hall–Kier alpha value is -1.33. The van der Waals surface area contributed by atoms with Crippen molar-refractivity contribution in [2.45, 2.75) is 0 Å². The first kappa shape index (κ1) is 8.02. The third-order valence-corrected chi connectivity index (χ3v) is 3.79. The van der Waals surface area contributed by atoms with Crippen LogP contribution in [0.1, 0.15) is 0 Å². The Morgan fingerprint density at radius 3 is 1.93 bits per heavy atom. The lowest BCUT2D eigenvalue weighted by Gasteiger charge is -1.93. The molecule has 0 saturated heterocycles. The first-order chi connectivity index (χ1) is 6.83. The summed E-state index contributed by atoms with van der Waals surface area (Å²) in [4.78, 5) is 21.3. The number of hydrogen-bond acceptors (Lipinski definition) is 5. The van der Waals surface area contributed by atoms with Crippen molar-refractivity contribution in [3.63, 3.8) is 0 Å². The monoisotopic (exact) mass is 220 g/mol. The maximum Gasteiger partial charge on any atom is 0.291 e. The molecule has 0 amide bonds.